The monoisotopic (exact) mass is 513 g/mol. The number of phenols is 1. The average Bonchev–Trinajstić information content (AvgIpc) is 3.15. The van der Waals surface area contributed by atoms with E-state index in [1.165, 1.54) is 0 Å². The van der Waals surface area contributed by atoms with Crippen LogP contribution in [0.1, 0.15) is 37.4 Å². The number of amides is 1. The zero-order chi connectivity index (χ0) is 22.8. The van der Waals surface area contributed by atoms with E-state index < -0.39 is 6.04 Å². The number of carbonyl (C=O) groups is 1. The van der Waals surface area contributed by atoms with Crippen molar-refractivity contribution < 1.29 is 9.90 Å². The third kappa shape index (κ3) is 4.54. The van der Waals surface area contributed by atoms with Gasteiger partial charge in [-0.15, -0.1) is 5.10 Å². The number of halogens is 1. The molecule has 4 rings (SSSR count). The summed E-state index contributed by atoms with van der Waals surface area (Å²) in [5, 5.41) is 21.6. The van der Waals surface area contributed by atoms with Crippen molar-refractivity contribution >= 4 is 45.2 Å². The molecule has 2 heterocycles. The lowest BCUT2D eigenvalue weighted by Gasteiger charge is -2.29. The van der Waals surface area contributed by atoms with E-state index in [-0.39, 0.29) is 11.7 Å². The highest BCUT2D eigenvalue weighted by Gasteiger charge is 2.34. The minimum absolute atomic E-state index is 0.132. The number of hydrogen-bond donors (Lipinski definition) is 3. The van der Waals surface area contributed by atoms with Gasteiger partial charge >= 0.3 is 0 Å². The molecule has 1 aromatic heterocycles. The molecule has 0 saturated heterocycles. The highest BCUT2D eigenvalue weighted by Crippen LogP contribution is 2.38. The fraction of sp³-hybridized carbons (Fsp3) is 0.261. The molecular weight excluding hydrogens is 490 g/mol. The lowest BCUT2D eigenvalue weighted by Crippen LogP contribution is -2.31. The van der Waals surface area contributed by atoms with Gasteiger partial charge in [0.05, 0.1) is 10.0 Å². The molecule has 32 heavy (non-hydrogen) atoms. The summed E-state index contributed by atoms with van der Waals surface area (Å²) < 4.78 is 2.29. The van der Waals surface area contributed by atoms with Crippen LogP contribution in [0.25, 0.3) is 0 Å². The van der Waals surface area contributed by atoms with Crippen molar-refractivity contribution in [3.8, 4) is 5.75 Å². The molecule has 3 N–H and O–H groups in total. The zero-order valence-electron chi connectivity index (χ0n) is 18.0. The van der Waals surface area contributed by atoms with Crippen molar-refractivity contribution in [1.29, 1.82) is 0 Å². The number of rotatable bonds is 6. The Labute approximate surface area is 199 Å². The number of anilines is 2. The Morgan fingerprint density at radius 3 is 2.81 bits per heavy atom. The number of nitrogens with zero attached hydrogens (tertiary/aromatic N) is 3. The standard InChI is InChI=1S/C23H24BrN5O2S/c1-4-10-32-23-27-22-25-14(3)19(21(31)26-16-7-5-6-13(2)11-16)20(29(22)28-23)15-8-9-18(30)17(24)12-15/h5-9,11-12,20,30H,4,10H2,1-3H3,(H,26,31)(H,25,27,28). The van der Waals surface area contributed by atoms with Crippen LogP contribution in [0.5, 0.6) is 5.75 Å². The molecule has 0 spiro atoms. The summed E-state index contributed by atoms with van der Waals surface area (Å²) in [5.41, 5.74) is 3.84. The first-order chi connectivity index (χ1) is 15.4. The number of benzene rings is 2. The molecule has 1 unspecified atom stereocenters. The maximum absolute atomic E-state index is 13.5. The van der Waals surface area contributed by atoms with Crippen molar-refractivity contribution in [2.45, 2.75) is 38.4 Å². The van der Waals surface area contributed by atoms with E-state index in [1.54, 1.807) is 28.6 Å². The van der Waals surface area contributed by atoms with Crippen LogP contribution in [0.3, 0.4) is 0 Å². The molecule has 3 aromatic rings. The number of aromatic hydroxyl groups is 1. The molecule has 1 atom stereocenters. The summed E-state index contributed by atoms with van der Waals surface area (Å²) in [5.74, 6) is 1.40. The first-order valence-electron chi connectivity index (χ1n) is 10.3. The Kier molecular flexibility index (Phi) is 6.57. The van der Waals surface area contributed by atoms with Crippen molar-refractivity contribution in [3.63, 3.8) is 0 Å². The molecule has 0 aliphatic carbocycles. The molecule has 166 valence electrons. The van der Waals surface area contributed by atoms with Crippen LogP contribution in [0, 0.1) is 6.92 Å². The SMILES string of the molecule is CCCSc1nc2n(n1)C(c1ccc(O)c(Br)c1)C(C(=O)Nc1cccc(C)c1)=C(C)N2. The van der Waals surface area contributed by atoms with Gasteiger partial charge in [-0.2, -0.15) is 4.98 Å². The fourth-order valence-electron chi connectivity index (χ4n) is 3.60. The Morgan fingerprint density at radius 1 is 1.28 bits per heavy atom. The number of allylic oxidation sites excluding steroid dienone is 1. The van der Waals surface area contributed by atoms with Gasteiger partial charge in [-0.25, -0.2) is 4.68 Å². The average molecular weight is 514 g/mol. The third-order valence-corrected chi connectivity index (χ3v) is 6.76. The quantitative estimate of drug-likeness (QED) is 0.377. The highest BCUT2D eigenvalue weighted by atomic mass is 79.9. The van der Waals surface area contributed by atoms with E-state index in [4.69, 9.17) is 5.10 Å². The summed E-state index contributed by atoms with van der Waals surface area (Å²) in [7, 11) is 0. The van der Waals surface area contributed by atoms with Crippen molar-refractivity contribution in [2.24, 2.45) is 0 Å². The van der Waals surface area contributed by atoms with Gasteiger partial charge in [0.25, 0.3) is 5.91 Å². The summed E-state index contributed by atoms with van der Waals surface area (Å²) >= 11 is 4.97. The molecule has 9 heteroatoms. The lowest BCUT2D eigenvalue weighted by atomic mass is 9.95. The maximum Gasteiger partial charge on any atom is 0.255 e. The van der Waals surface area contributed by atoms with Crippen molar-refractivity contribution in [3.05, 3.63) is 69.3 Å². The predicted molar refractivity (Wildman–Crippen MR) is 131 cm³/mol. The zero-order valence-corrected chi connectivity index (χ0v) is 20.4. The first kappa shape index (κ1) is 22.4. The molecule has 0 saturated carbocycles. The molecule has 7 nitrogen and oxygen atoms in total. The minimum Gasteiger partial charge on any atom is -0.507 e. The highest BCUT2D eigenvalue weighted by molar-refractivity contribution is 9.10. The van der Waals surface area contributed by atoms with Crippen LogP contribution in [0.15, 0.2) is 63.4 Å². The van der Waals surface area contributed by atoms with Gasteiger partial charge in [0.15, 0.2) is 0 Å². The number of aromatic nitrogens is 3. The van der Waals surface area contributed by atoms with Crippen LogP contribution in [0.4, 0.5) is 11.6 Å². The Morgan fingerprint density at radius 2 is 2.09 bits per heavy atom. The topological polar surface area (TPSA) is 92.1 Å². The summed E-state index contributed by atoms with van der Waals surface area (Å²) in [6.45, 7) is 5.96. The Balaban J connectivity index is 1.78. The van der Waals surface area contributed by atoms with Crippen LogP contribution in [-0.4, -0.2) is 31.5 Å². The molecule has 2 aromatic carbocycles. The van der Waals surface area contributed by atoms with Crippen LogP contribution in [-0.2, 0) is 4.79 Å². The first-order valence-corrected chi connectivity index (χ1v) is 12.1. The van der Waals surface area contributed by atoms with E-state index in [0.29, 0.717) is 26.8 Å². The molecule has 0 radical (unpaired) electrons. The number of fused-ring (bicyclic) bond motifs is 1. The minimum atomic E-state index is -0.503. The van der Waals surface area contributed by atoms with Gasteiger partial charge in [0.1, 0.15) is 11.8 Å². The molecule has 1 aliphatic heterocycles. The van der Waals surface area contributed by atoms with E-state index in [9.17, 15) is 9.90 Å². The van der Waals surface area contributed by atoms with Crippen molar-refractivity contribution in [1.82, 2.24) is 14.8 Å². The van der Waals surface area contributed by atoms with Crippen LogP contribution >= 0.6 is 27.7 Å². The van der Waals surface area contributed by atoms with Gasteiger partial charge in [0, 0.05) is 17.1 Å². The fourth-order valence-corrected chi connectivity index (χ4v) is 4.68. The van der Waals surface area contributed by atoms with E-state index >= 15 is 0 Å². The van der Waals surface area contributed by atoms with E-state index in [1.807, 2.05) is 44.2 Å². The number of aryl methyl sites for hydroxylation is 1. The third-order valence-electron chi connectivity index (χ3n) is 5.08. The summed E-state index contributed by atoms with van der Waals surface area (Å²) in [6.07, 6.45) is 1.01. The number of thioether (sulfide) groups is 1. The van der Waals surface area contributed by atoms with Gasteiger partial charge in [-0.05, 0) is 71.6 Å². The smallest absolute Gasteiger partial charge is 0.255 e. The normalized spacial score (nSPS) is 15.3. The van der Waals surface area contributed by atoms with Gasteiger partial charge < -0.3 is 15.7 Å². The second kappa shape index (κ2) is 9.38. The largest absolute Gasteiger partial charge is 0.507 e. The second-order valence-corrected chi connectivity index (χ2v) is 9.53. The molecule has 1 aliphatic rings. The number of hydrogen-bond acceptors (Lipinski definition) is 6. The number of phenolic OH excluding ortho intramolecular Hbond substituents is 1. The van der Waals surface area contributed by atoms with Crippen molar-refractivity contribution in [2.75, 3.05) is 16.4 Å². The predicted octanol–water partition coefficient (Wildman–Crippen LogP) is 5.48. The van der Waals surface area contributed by atoms with Crippen LogP contribution < -0.4 is 10.6 Å². The molecule has 0 bridgehead atoms. The summed E-state index contributed by atoms with van der Waals surface area (Å²) in [6, 6.07) is 12.4. The van der Waals surface area contributed by atoms with Gasteiger partial charge in [-0.3, -0.25) is 4.79 Å². The molecular formula is C23H24BrN5O2S. The summed E-state index contributed by atoms with van der Waals surface area (Å²) in [4.78, 5) is 18.1. The van der Waals surface area contributed by atoms with E-state index in [0.717, 1.165) is 29.0 Å². The lowest BCUT2D eigenvalue weighted by molar-refractivity contribution is -0.113. The maximum atomic E-state index is 13.5. The second-order valence-electron chi connectivity index (χ2n) is 7.61. The van der Waals surface area contributed by atoms with Crippen LogP contribution in [0.2, 0.25) is 0 Å². The van der Waals surface area contributed by atoms with E-state index in [2.05, 4.69) is 38.5 Å². The Bertz CT molecular complexity index is 1210. The van der Waals surface area contributed by atoms with Gasteiger partial charge in [0.2, 0.25) is 11.1 Å². The number of carbonyl (C=O) groups excluding carboxylic acids is 1. The van der Waals surface area contributed by atoms with Gasteiger partial charge in [-0.1, -0.05) is 36.9 Å². The number of nitrogens with one attached hydrogen (secondary N) is 2. The molecule has 0 fully saturated rings. The Hall–Kier alpha value is -2.78. The molecule has 1 amide bonds.